The molecule has 2 heterocycles. The Morgan fingerprint density at radius 1 is 1.47 bits per heavy atom. The highest BCUT2D eigenvalue weighted by Crippen LogP contribution is 2.21. The van der Waals surface area contributed by atoms with Crippen LogP contribution in [0.4, 0.5) is 11.8 Å². The Kier molecular flexibility index (Phi) is 3.86. The van der Waals surface area contributed by atoms with Gasteiger partial charge < -0.3 is 11.1 Å². The average molecular weight is 260 g/mol. The van der Waals surface area contributed by atoms with Gasteiger partial charge in [-0.1, -0.05) is 0 Å². The van der Waals surface area contributed by atoms with Crippen LogP contribution in [0.3, 0.4) is 0 Å². The molecule has 0 aromatic carbocycles. The molecule has 1 fully saturated rings. The molecule has 1 aromatic heterocycles. The van der Waals surface area contributed by atoms with Gasteiger partial charge in [-0.15, -0.1) is 0 Å². The summed E-state index contributed by atoms with van der Waals surface area (Å²) in [5.74, 6) is 0.697. The third-order valence-corrected chi connectivity index (χ3v) is 3.58. The Hall–Kier alpha value is -1.87. The quantitative estimate of drug-likeness (QED) is 0.845. The third kappa shape index (κ3) is 3.12. The molecule has 0 saturated carbocycles. The number of nitrogens with two attached hydrogens (primary N) is 1. The Morgan fingerprint density at radius 2 is 2.16 bits per heavy atom. The van der Waals surface area contributed by atoms with E-state index in [2.05, 4.69) is 34.0 Å². The number of nitrogen functional groups attached to an aromatic ring is 1. The van der Waals surface area contributed by atoms with Crippen molar-refractivity contribution in [2.24, 2.45) is 0 Å². The smallest absolute Gasteiger partial charge is 0.224 e. The largest absolute Gasteiger partial charge is 0.382 e. The molecule has 6 nitrogen and oxygen atoms in total. The van der Waals surface area contributed by atoms with Gasteiger partial charge in [0.1, 0.15) is 17.5 Å². The van der Waals surface area contributed by atoms with Crippen molar-refractivity contribution in [3.05, 3.63) is 11.8 Å². The highest BCUT2D eigenvalue weighted by Gasteiger charge is 2.28. The topological polar surface area (TPSA) is 90.9 Å². The van der Waals surface area contributed by atoms with Crippen molar-refractivity contribution in [1.29, 1.82) is 5.26 Å². The van der Waals surface area contributed by atoms with Crippen LogP contribution in [0.25, 0.3) is 0 Å². The summed E-state index contributed by atoms with van der Waals surface area (Å²) in [5, 5.41) is 12.0. The summed E-state index contributed by atoms with van der Waals surface area (Å²) in [4.78, 5) is 10.7. The fourth-order valence-corrected chi connectivity index (χ4v) is 2.30. The van der Waals surface area contributed by atoms with Crippen LogP contribution in [0.1, 0.15) is 32.3 Å². The van der Waals surface area contributed by atoms with Gasteiger partial charge in [0, 0.05) is 12.1 Å². The molecule has 0 radical (unpaired) electrons. The molecule has 3 N–H and O–H groups in total. The normalized spacial score (nSPS) is 16.3. The number of rotatable bonds is 4. The van der Waals surface area contributed by atoms with Gasteiger partial charge in [-0.2, -0.15) is 10.2 Å². The molecule has 0 spiro atoms. The molecule has 6 heteroatoms. The third-order valence-electron chi connectivity index (χ3n) is 3.58. The standard InChI is InChI=1S/C13H20N6/c1-13(2,19-5-3-4-6-19)9-17-12-16-8-10(7-14)11(15)18-12/h8H,3-6,9H2,1-2H3,(H3,15,16,17,18). The molecule has 1 aliphatic rings. The van der Waals surface area contributed by atoms with Gasteiger partial charge in [0.15, 0.2) is 0 Å². The van der Waals surface area contributed by atoms with Gasteiger partial charge in [-0.25, -0.2) is 4.98 Å². The number of nitrogens with zero attached hydrogens (tertiary/aromatic N) is 4. The summed E-state index contributed by atoms with van der Waals surface area (Å²) in [6.45, 7) is 7.45. The van der Waals surface area contributed by atoms with Crippen LogP contribution in [0, 0.1) is 11.3 Å². The first kappa shape index (κ1) is 13.6. The predicted molar refractivity (Wildman–Crippen MR) is 74.5 cm³/mol. The SMILES string of the molecule is CC(C)(CNc1ncc(C#N)c(N)n1)N1CCCC1. The number of nitriles is 1. The van der Waals surface area contributed by atoms with Crippen molar-refractivity contribution < 1.29 is 0 Å². The van der Waals surface area contributed by atoms with Gasteiger partial charge in [0.05, 0.1) is 6.20 Å². The average Bonchev–Trinajstić information content (AvgIpc) is 2.91. The number of hydrogen-bond acceptors (Lipinski definition) is 6. The van der Waals surface area contributed by atoms with Crippen LogP contribution < -0.4 is 11.1 Å². The van der Waals surface area contributed by atoms with Gasteiger partial charge in [-0.05, 0) is 39.8 Å². The zero-order valence-electron chi connectivity index (χ0n) is 11.5. The number of anilines is 2. The number of likely N-dealkylation sites (tertiary alicyclic amines) is 1. The minimum atomic E-state index is 0.0581. The lowest BCUT2D eigenvalue weighted by Gasteiger charge is -2.35. The molecular weight excluding hydrogens is 240 g/mol. The lowest BCUT2D eigenvalue weighted by molar-refractivity contribution is 0.167. The first-order valence-corrected chi connectivity index (χ1v) is 6.54. The zero-order valence-corrected chi connectivity index (χ0v) is 11.5. The van der Waals surface area contributed by atoms with Crippen molar-refractivity contribution in [3.63, 3.8) is 0 Å². The Morgan fingerprint density at radius 3 is 2.74 bits per heavy atom. The molecule has 102 valence electrons. The molecule has 0 aliphatic carbocycles. The molecule has 0 atom stereocenters. The van der Waals surface area contributed by atoms with Gasteiger partial charge in [-0.3, -0.25) is 4.90 Å². The minimum absolute atomic E-state index is 0.0581. The first-order chi connectivity index (χ1) is 9.03. The highest BCUT2D eigenvalue weighted by atomic mass is 15.2. The fourth-order valence-electron chi connectivity index (χ4n) is 2.30. The van der Waals surface area contributed by atoms with E-state index in [9.17, 15) is 0 Å². The van der Waals surface area contributed by atoms with E-state index in [0.717, 1.165) is 19.6 Å². The van der Waals surface area contributed by atoms with Crippen molar-refractivity contribution in [2.45, 2.75) is 32.2 Å². The highest BCUT2D eigenvalue weighted by molar-refractivity contribution is 5.49. The second-order valence-corrected chi connectivity index (χ2v) is 5.46. The van der Waals surface area contributed by atoms with E-state index in [-0.39, 0.29) is 11.4 Å². The fraction of sp³-hybridized carbons (Fsp3) is 0.615. The number of nitrogens with one attached hydrogen (secondary N) is 1. The van der Waals surface area contributed by atoms with Crippen molar-refractivity contribution >= 4 is 11.8 Å². The van der Waals surface area contributed by atoms with E-state index < -0.39 is 0 Å². The van der Waals surface area contributed by atoms with Crippen LogP contribution >= 0.6 is 0 Å². The Bertz CT molecular complexity index is 484. The molecule has 0 bridgehead atoms. The number of hydrogen-bond donors (Lipinski definition) is 2. The van der Waals surface area contributed by atoms with Gasteiger partial charge >= 0.3 is 0 Å². The van der Waals surface area contributed by atoms with Crippen molar-refractivity contribution in [3.8, 4) is 6.07 Å². The summed E-state index contributed by atoms with van der Waals surface area (Å²) in [6, 6.07) is 1.95. The van der Waals surface area contributed by atoms with Crippen LogP contribution in [0.2, 0.25) is 0 Å². The maximum absolute atomic E-state index is 8.77. The van der Waals surface area contributed by atoms with E-state index >= 15 is 0 Å². The van der Waals surface area contributed by atoms with E-state index in [4.69, 9.17) is 11.0 Å². The first-order valence-electron chi connectivity index (χ1n) is 6.54. The summed E-state index contributed by atoms with van der Waals surface area (Å²) in [6.07, 6.45) is 3.99. The van der Waals surface area contributed by atoms with Crippen LogP contribution in [-0.2, 0) is 0 Å². The summed E-state index contributed by atoms with van der Waals surface area (Å²) in [5.41, 5.74) is 6.04. The molecule has 1 saturated heterocycles. The van der Waals surface area contributed by atoms with Crippen LogP contribution in [0.15, 0.2) is 6.20 Å². The Balaban J connectivity index is 1.98. The molecule has 0 unspecified atom stereocenters. The van der Waals surface area contributed by atoms with Crippen molar-refractivity contribution in [2.75, 3.05) is 30.7 Å². The van der Waals surface area contributed by atoms with Crippen molar-refractivity contribution in [1.82, 2.24) is 14.9 Å². The van der Waals surface area contributed by atoms with E-state index in [1.54, 1.807) is 0 Å². The maximum Gasteiger partial charge on any atom is 0.224 e. The summed E-state index contributed by atoms with van der Waals surface area (Å²) < 4.78 is 0. The van der Waals surface area contributed by atoms with E-state index in [1.165, 1.54) is 19.0 Å². The Labute approximate surface area is 113 Å². The number of aromatic nitrogens is 2. The molecule has 1 aromatic rings. The molecule has 19 heavy (non-hydrogen) atoms. The molecule has 1 aliphatic heterocycles. The predicted octanol–water partition coefficient (Wildman–Crippen LogP) is 1.22. The lowest BCUT2D eigenvalue weighted by atomic mass is 10.0. The minimum Gasteiger partial charge on any atom is -0.382 e. The van der Waals surface area contributed by atoms with Gasteiger partial charge in [0.25, 0.3) is 0 Å². The molecule has 0 amide bonds. The van der Waals surface area contributed by atoms with Gasteiger partial charge in [0.2, 0.25) is 5.95 Å². The summed E-state index contributed by atoms with van der Waals surface area (Å²) >= 11 is 0. The monoisotopic (exact) mass is 260 g/mol. The maximum atomic E-state index is 8.77. The van der Waals surface area contributed by atoms with Crippen LogP contribution in [0.5, 0.6) is 0 Å². The van der Waals surface area contributed by atoms with E-state index in [0.29, 0.717) is 11.5 Å². The van der Waals surface area contributed by atoms with Crippen LogP contribution in [-0.4, -0.2) is 40.0 Å². The van der Waals surface area contributed by atoms with E-state index in [1.807, 2.05) is 6.07 Å². The lowest BCUT2D eigenvalue weighted by Crippen LogP contribution is -2.47. The zero-order chi connectivity index (χ0) is 13.9. The second-order valence-electron chi connectivity index (χ2n) is 5.46. The molecule has 2 rings (SSSR count). The molecular formula is C13H20N6. The summed E-state index contributed by atoms with van der Waals surface area (Å²) in [7, 11) is 0. The second kappa shape index (κ2) is 5.41.